The Morgan fingerprint density at radius 3 is 2.51 bits per heavy atom. The first-order chi connectivity index (χ1) is 17.1. The monoisotopic (exact) mass is 472 g/mol. The normalized spacial score (nSPS) is 24.4. The summed E-state index contributed by atoms with van der Waals surface area (Å²) in [6, 6.07) is 19.5. The molecule has 3 N–H and O–H groups in total. The van der Waals surface area contributed by atoms with Gasteiger partial charge in [0.1, 0.15) is 23.9 Å². The summed E-state index contributed by atoms with van der Waals surface area (Å²) in [6.07, 6.45) is 4.94. The molecule has 0 radical (unpaired) electrons. The van der Waals surface area contributed by atoms with Crippen LogP contribution < -0.4 is 10.6 Å². The zero-order valence-corrected chi connectivity index (χ0v) is 19.5. The number of nitrogens with two attached hydrogens (primary N) is 1. The molecule has 0 spiro atoms. The number of benzene rings is 2. The minimum absolute atomic E-state index is 0.0602. The van der Waals surface area contributed by atoms with Crippen molar-refractivity contribution in [2.45, 2.75) is 30.0 Å². The second-order valence-corrected chi connectivity index (χ2v) is 8.68. The molecule has 0 bridgehead atoms. The van der Waals surface area contributed by atoms with Gasteiger partial charge in [0.05, 0.1) is 11.6 Å². The molecule has 0 aliphatic carbocycles. The lowest BCUT2D eigenvalue weighted by Gasteiger charge is -2.56. The van der Waals surface area contributed by atoms with Crippen LogP contribution in [0.25, 0.3) is 11.4 Å². The van der Waals surface area contributed by atoms with Crippen molar-refractivity contribution < 1.29 is 14.3 Å². The number of hydrogen-bond donors (Lipinski definition) is 2. The highest BCUT2D eigenvalue weighted by atomic mass is 16.5. The first-order valence-electron chi connectivity index (χ1n) is 11.5. The third-order valence-corrected chi connectivity index (χ3v) is 6.92. The molecule has 180 valence electrons. The SMILES string of the molecule is COC1C(CCO)(c2cnco2)CCN(c2ncnc(-c3ccccc3)n2)C1(N)c1ccccc1. The largest absolute Gasteiger partial charge is 0.448 e. The van der Waals surface area contributed by atoms with E-state index in [0.29, 0.717) is 36.9 Å². The van der Waals surface area contributed by atoms with Gasteiger partial charge in [-0.25, -0.2) is 15.0 Å². The van der Waals surface area contributed by atoms with Crippen molar-refractivity contribution in [3.63, 3.8) is 0 Å². The summed E-state index contributed by atoms with van der Waals surface area (Å²) in [5.74, 6) is 1.63. The molecule has 1 aliphatic heterocycles. The fourth-order valence-electron chi connectivity index (χ4n) is 5.31. The van der Waals surface area contributed by atoms with Crippen LogP contribution in [-0.4, -0.2) is 51.4 Å². The van der Waals surface area contributed by atoms with Gasteiger partial charge >= 0.3 is 0 Å². The predicted octanol–water partition coefficient (Wildman–Crippen LogP) is 2.88. The van der Waals surface area contributed by atoms with Crippen LogP contribution in [0.15, 0.2) is 84.0 Å². The van der Waals surface area contributed by atoms with E-state index < -0.39 is 17.2 Å². The van der Waals surface area contributed by atoms with Gasteiger partial charge in [-0.3, -0.25) is 0 Å². The quantitative estimate of drug-likeness (QED) is 0.418. The average Bonchev–Trinajstić information content (AvgIpc) is 3.46. The van der Waals surface area contributed by atoms with Gasteiger partial charge in [-0.2, -0.15) is 4.98 Å². The lowest BCUT2D eigenvalue weighted by atomic mass is 9.65. The fraction of sp³-hybridized carbons (Fsp3) is 0.308. The molecule has 9 nitrogen and oxygen atoms in total. The number of rotatable bonds is 7. The van der Waals surface area contributed by atoms with Crippen molar-refractivity contribution in [1.82, 2.24) is 19.9 Å². The number of piperidine rings is 1. The molecule has 4 aromatic rings. The predicted molar refractivity (Wildman–Crippen MR) is 130 cm³/mol. The number of ether oxygens (including phenoxy) is 1. The van der Waals surface area contributed by atoms with Gasteiger partial charge in [-0.05, 0) is 18.4 Å². The molecule has 5 rings (SSSR count). The zero-order chi connectivity index (χ0) is 24.3. The molecule has 0 amide bonds. The van der Waals surface area contributed by atoms with Crippen molar-refractivity contribution in [3.8, 4) is 11.4 Å². The Morgan fingerprint density at radius 2 is 1.86 bits per heavy atom. The number of anilines is 1. The second-order valence-electron chi connectivity index (χ2n) is 8.68. The third-order valence-electron chi connectivity index (χ3n) is 6.92. The van der Waals surface area contributed by atoms with Crippen molar-refractivity contribution in [3.05, 3.63) is 90.9 Å². The minimum Gasteiger partial charge on any atom is -0.448 e. The van der Waals surface area contributed by atoms with E-state index in [1.807, 2.05) is 65.6 Å². The first-order valence-corrected chi connectivity index (χ1v) is 11.5. The Labute approximate surface area is 203 Å². The summed E-state index contributed by atoms with van der Waals surface area (Å²) in [7, 11) is 1.63. The molecule has 1 fully saturated rings. The van der Waals surface area contributed by atoms with Crippen molar-refractivity contribution >= 4 is 5.95 Å². The van der Waals surface area contributed by atoms with Crippen molar-refractivity contribution in [2.24, 2.45) is 5.73 Å². The van der Waals surface area contributed by atoms with E-state index in [2.05, 4.69) is 15.0 Å². The van der Waals surface area contributed by atoms with Gasteiger partial charge in [-0.15, -0.1) is 0 Å². The highest BCUT2D eigenvalue weighted by molar-refractivity contribution is 5.56. The number of nitrogens with zero attached hydrogens (tertiary/aromatic N) is 5. The Hall–Kier alpha value is -3.66. The molecule has 3 unspecified atom stereocenters. The maximum Gasteiger partial charge on any atom is 0.230 e. The molecule has 9 heteroatoms. The summed E-state index contributed by atoms with van der Waals surface area (Å²) in [5.41, 5.74) is 7.18. The molecule has 0 saturated carbocycles. The Balaban J connectivity index is 1.67. The van der Waals surface area contributed by atoms with E-state index >= 15 is 0 Å². The highest BCUT2D eigenvalue weighted by Gasteiger charge is 2.59. The van der Waals surface area contributed by atoms with E-state index in [1.165, 1.54) is 12.7 Å². The van der Waals surface area contributed by atoms with E-state index in [-0.39, 0.29) is 6.61 Å². The molecule has 2 aromatic heterocycles. The number of aromatic nitrogens is 4. The zero-order valence-electron chi connectivity index (χ0n) is 19.5. The number of aliphatic hydroxyl groups is 1. The van der Waals surface area contributed by atoms with E-state index in [0.717, 1.165) is 11.1 Å². The first kappa shape index (κ1) is 23.1. The topological polar surface area (TPSA) is 123 Å². The Bertz CT molecular complexity index is 1240. The number of aliphatic hydroxyl groups excluding tert-OH is 1. The van der Waals surface area contributed by atoms with E-state index in [4.69, 9.17) is 19.9 Å². The lowest BCUT2D eigenvalue weighted by Crippen LogP contribution is -2.71. The molecule has 2 aromatic carbocycles. The van der Waals surface area contributed by atoms with Crippen LogP contribution >= 0.6 is 0 Å². The summed E-state index contributed by atoms with van der Waals surface area (Å²) in [4.78, 5) is 19.8. The van der Waals surface area contributed by atoms with Crippen LogP contribution in [0.5, 0.6) is 0 Å². The molecule has 35 heavy (non-hydrogen) atoms. The van der Waals surface area contributed by atoms with Gasteiger partial charge < -0.3 is 24.9 Å². The average molecular weight is 473 g/mol. The Morgan fingerprint density at radius 1 is 1.11 bits per heavy atom. The van der Waals surface area contributed by atoms with Crippen LogP contribution in [0, 0.1) is 0 Å². The summed E-state index contributed by atoms with van der Waals surface area (Å²) >= 11 is 0. The molecular weight excluding hydrogens is 444 g/mol. The van der Waals surface area contributed by atoms with Crippen LogP contribution in [-0.2, 0) is 15.8 Å². The summed E-state index contributed by atoms with van der Waals surface area (Å²) in [6.45, 7) is 0.430. The molecule has 3 heterocycles. The minimum atomic E-state index is -1.19. The van der Waals surface area contributed by atoms with Gasteiger partial charge in [0.25, 0.3) is 0 Å². The van der Waals surface area contributed by atoms with Gasteiger partial charge in [0.2, 0.25) is 5.95 Å². The lowest BCUT2D eigenvalue weighted by molar-refractivity contribution is -0.0660. The van der Waals surface area contributed by atoms with Gasteiger partial charge in [0.15, 0.2) is 12.2 Å². The van der Waals surface area contributed by atoms with E-state index in [9.17, 15) is 5.11 Å². The molecule has 1 saturated heterocycles. The highest BCUT2D eigenvalue weighted by Crippen LogP contribution is 2.49. The Kier molecular flexibility index (Phi) is 6.29. The van der Waals surface area contributed by atoms with Crippen LogP contribution in [0.3, 0.4) is 0 Å². The maximum absolute atomic E-state index is 10.1. The molecule has 3 atom stereocenters. The number of hydrogen-bond acceptors (Lipinski definition) is 9. The smallest absolute Gasteiger partial charge is 0.230 e. The second kappa shape index (κ2) is 9.53. The van der Waals surface area contributed by atoms with Gasteiger partial charge in [-0.1, -0.05) is 60.7 Å². The van der Waals surface area contributed by atoms with Crippen LogP contribution in [0.4, 0.5) is 5.95 Å². The number of oxazole rings is 1. The van der Waals surface area contributed by atoms with Crippen molar-refractivity contribution in [1.29, 1.82) is 0 Å². The maximum atomic E-state index is 10.1. The summed E-state index contributed by atoms with van der Waals surface area (Å²) < 4.78 is 12.0. The van der Waals surface area contributed by atoms with Crippen LogP contribution in [0.1, 0.15) is 24.2 Å². The van der Waals surface area contributed by atoms with E-state index in [1.54, 1.807) is 13.3 Å². The fourth-order valence-corrected chi connectivity index (χ4v) is 5.31. The number of methoxy groups -OCH3 is 1. The molecular formula is C26H28N6O3. The summed E-state index contributed by atoms with van der Waals surface area (Å²) in [5, 5.41) is 10.1. The van der Waals surface area contributed by atoms with Crippen LogP contribution in [0.2, 0.25) is 0 Å². The van der Waals surface area contributed by atoms with Gasteiger partial charge in [0, 0.05) is 25.8 Å². The van der Waals surface area contributed by atoms with Crippen molar-refractivity contribution in [2.75, 3.05) is 25.2 Å². The third kappa shape index (κ3) is 3.87. The molecule has 1 aliphatic rings. The standard InChI is InChI=1S/C26H28N6O3/c1-34-23-25(13-15-33,21-16-28-18-35-21)12-14-32(26(23,27)20-10-6-3-7-11-20)24-30-17-29-22(31-24)19-8-4-2-5-9-19/h2-11,16-18,23,33H,12-15,27H2,1H3.